The lowest BCUT2D eigenvalue weighted by Gasteiger charge is -2.39. The number of piperazine rings is 1. The van der Waals surface area contributed by atoms with Gasteiger partial charge >= 0.3 is 0 Å². The van der Waals surface area contributed by atoms with E-state index in [2.05, 4.69) is 67.3 Å². The maximum absolute atomic E-state index is 3.56. The molecule has 1 fully saturated rings. The van der Waals surface area contributed by atoms with Crippen LogP contribution in [0.2, 0.25) is 0 Å². The summed E-state index contributed by atoms with van der Waals surface area (Å²) in [7, 11) is 4.22. The van der Waals surface area contributed by atoms with Crippen LogP contribution in [0.5, 0.6) is 0 Å². The fraction of sp³-hybridized carbons (Fsp3) is 0.600. The second-order valence-electron chi connectivity index (χ2n) is 6.04. The number of nitrogens with zero attached hydrogens (tertiary/aromatic N) is 2. The number of benzene rings is 1. The smallest absolute Gasteiger partial charge is 0.0406 e. The second kappa shape index (κ2) is 5.29. The predicted octanol–water partition coefficient (Wildman–Crippen LogP) is 1.94. The van der Waals surface area contributed by atoms with Crippen LogP contribution in [-0.2, 0) is 6.54 Å². The van der Waals surface area contributed by atoms with Gasteiger partial charge in [-0.1, -0.05) is 18.2 Å². The standard InChI is InChI=1S/C15H25N3/c1-15(2)12-18(10-9-16-15)11-13-7-5-6-8-14(13)17(3)4/h5-8,16H,9-12H2,1-4H3. The molecule has 1 aromatic carbocycles. The van der Waals surface area contributed by atoms with Crippen molar-refractivity contribution >= 4 is 5.69 Å². The van der Waals surface area contributed by atoms with Gasteiger partial charge in [-0.25, -0.2) is 0 Å². The van der Waals surface area contributed by atoms with Crippen LogP contribution in [0, 0.1) is 0 Å². The molecule has 0 saturated carbocycles. The molecule has 18 heavy (non-hydrogen) atoms. The maximum atomic E-state index is 3.56. The Bertz CT molecular complexity index is 398. The van der Waals surface area contributed by atoms with Crippen molar-refractivity contribution in [2.75, 3.05) is 38.6 Å². The van der Waals surface area contributed by atoms with Crippen molar-refractivity contribution in [3.05, 3.63) is 29.8 Å². The number of para-hydroxylation sites is 1. The molecule has 1 aliphatic heterocycles. The van der Waals surface area contributed by atoms with Crippen molar-refractivity contribution in [2.24, 2.45) is 0 Å². The van der Waals surface area contributed by atoms with Gasteiger partial charge in [-0.3, -0.25) is 4.90 Å². The van der Waals surface area contributed by atoms with Crippen LogP contribution in [0.25, 0.3) is 0 Å². The predicted molar refractivity (Wildman–Crippen MR) is 78.1 cm³/mol. The van der Waals surface area contributed by atoms with Crippen LogP contribution in [0.4, 0.5) is 5.69 Å². The Morgan fingerprint density at radius 1 is 1.28 bits per heavy atom. The van der Waals surface area contributed by atoms with Gasteiger partial charge in [0.15, 0.2) is 0 Å². The van der Waals surface area contributed by atoms with Gasteiger partial charge in [0.25, 0.3) is 0 Å². The van der Waals surface area contributed by atoms with Gasteiger partial charge < -0.3 is 10.2 Å². The van der Waals surface area contributed by atoms with E-state index in [0.717, 1.165) is 26.2 Å². The van der Waals surface area contributed by atoms with E-state index in [1.807, 2.05) is 0 Å². The van der Waals surface area contributed by atoms with Crippen LogP contribution in [0.1, 0.15) is 19.4 Å². The Morgan fingerprint density at radius 3 is 2.67 bits per heavy atom. The topological polar surface area (TPSA) is 18.5 Å². The van der Waals surface area contributed by atoms with Crippen molar-refractivity contribution in [3.63, 3.8) is 0 Å². The molecule has 1 aromatic rings. The average molecular weight is 247 g/mol. The molecule has 1 aliphatic rings. The third kappa shape index (κ3) is 3.24. The number of rotatable bonds is 3. The van der Waals surface area contributed by atoms with E-state index < -0.39 is 0 Å². The van der Waals surface area contributed by atoms with E-state index >= 15 is 0 Å². The van der Waals surface area contributed by atoms with Gasteiger partial charge in [0.1, 0.15) is 0 Å². The highest BCUT2D eigenvalue weighted by Crippen LogP contribution is 2.21. The van der Waals surface area contributed by atoms with Crippen molar-refractivity contribution in [3.8, 4) is 0 Å². The minimum Gasteiger partial charge on any atom is -0.377 e. The number of hydrogen-bond acceptors (Lipinski definition) is 3. The zero-order chi connectivity index (χ0) is 13.2. The van der Waals surface area contributed by atoms with Crippen molar-refractivity contribution in [2.45, 2.75) is 25.9 Å². The average Bonchev–Trinajstić information content (AvgIpc) is 2.28. The molecule has 0 bridgehead atoms. The highest BCUT2D eigenvalue weighted by Gasteiger charge is 2.25. The number of nitrogens with one attached hydrogen (secondary N) is 1. The summed E-state index contributed by atoms with van der Waals surface area (Å²) in [5, 5.41) is 3.56. The Morgan fingerprint density at radius 2 is 2.00 bits per heavy atom. The van der Waals surface area contributed by atoms with Gasteiger partial charge in [0, 0.05) is 51.5 Å². The van der Waals surface area contributed by atoms with E-state index in [9.17, 15) is 0 Å². The molecule has 0 spiro atoms. The third-order valence-corrected chi connectivity index (χ3v) is 3.52. The van der Waals surface area contributed by atoms with E-state index in [0.29, 0.717) is 0 Å². The zero-order valence-electron chi connectivity index (χ0n) is 12.0. The summed E-state index contributed by atoms with van der Waals surface area (Å²) < 4.78 is 0. The number of anilines is 1. The molecule has 100 valence electrons. The van der Waals surface area contributed by atoms with E-state index in [1.165, 1.54) is 11.3 Å². The lowest BCUT2D eigenvalue weighted by Crippen LogP contribution is -2.56. The summed E-state index contributed by atoms with van der Waals surface area (Å²) in [4.78, 5) is 4.74. The molecule has 0 atom stereocenters. The van der Waals surface area contributed by atoms with Crippen LogP contribution in [-0.4, -0.2) is 44.2 Å². The van der Waals surface area contributed by atoms with Gasteiger partial charge in [0.05, 0.1) is 0 Å². The first-order valence-electron chi connectivity index (χ1n) is 6.70. The van der Waals surface area contributed by atoms with Gasteiger partial charge in [0.2, 0.25) is 0 Å². The van der Waals surface area contributed by atoms with Crippen LogP contribution in [0.3, 0.4) is 0 Å². The number of hydrogen-bond donors (Lipinski definition) is 1. The van der Waals surface area contributed by atoms with Gasteiger partial charge in [-0.2, -0.15) is 0 Å². The molecule has 3 nitrogen and oxygen atoms in total. The lowest BCUT2D eigenvalue weighted by atomic mass is 10.0. The minimum absolute atomic E-state index is 0.227. The summed E-state index contributed by atoms with van der Waals surface area (Å²) >= 11 is 0. The molecule has 0 aliphatic carbocycles. The first-order valence-corrected chi connectivity index (χ1v) is 6.70. The molecule has 3 heteroatoms. The van der Waals surface area contributed by atoms with E-state index in [-0.39, 0.29) is 5.54 Å². The minimum atomic E-state index is 0.227. The van der Waals surface area contributed by atoms with Crippen molar-refractivity contribution in [1.29, 1.82) is 0 Å². The second-order valence-corrected chi connectivity index (χ2v) is 6.04. The zero-order valence-corrected chi connectivity index (χ0v) is 12.0. The van der Waals surface area contributed by atoms with Gasteiger partial charge in [-0.05, 0) is 25.5 Å². The summed E-state index contributed by atoms with van der Waals surface area (Å²) in [5.74, 6) is 0. The molecule has 0 aromatic heterocycles. The van der Waals surface area contributed by atoms with Gasteiger partial charge in [-0.15, -0.1) is 0 Å². The highest BCUT2D eigenvalue weighted by atomic mass is 15.2. The fourth-order valence-electron chi connectivity index (χ4n) is 2.70. The quantitative estimate of drug-likeness (QED) is 0.880. The lowest BCUT2D eigenvalue weighted by molar-refractivity contribution is 0.148. The maximum Gasteiger partial charge on any atom is 0.0406 e. The summed E-state index contributed by atoms with van der Waals surface area (Å²) in [5.41, 5.74) is 2.97. The SMILES string of the molecule is CN(C)c1ccccc1CN1CCNC(C)(C)C1. The molecule has 2 rings (SSSR count). The molecule has 0 amide bonds. The monoisotopic (exact) mass is 247 g/mol. The van der Waals surface area contributed by atoms with Crippen LogP contribution < -0.4 is 10.2 Å². The largest absolute Gasteiger partial charge is 0.377 e. The fourth-order valence-corrected chi connectivity index (χ4v) is 2.70. The molecule has 1 N–H and O–H groups in total. The normalized spacial score (nSPS) is 19.8. The van der Waals surface area contributed by atoms with Crippen LogP contribution in [0.15, 0.2) is 24.3 Å². The molecule has 1 heterocycles. The molecular formula is C15H25N3. The molecule has 0 unspecified atom stereocenters. The Hall–Kier alpha value is -1.06. The molecular weight excluding hydrogens is 222 g/mol. The molecule has 1 saturated heterocycles. The Labute approximate surface area is 111 Å². The first kappa shape index (κ1) is 13.4. The summed E-state index contributed by atoms with van der Waals surface area (Å²) in [6.07, 6.45) is 0. The summed E-state index contributed by atoms with van der Waals surface area (Å²) in [6.45, 7) is 8.91. The highest BCUT2D eigenvalue weighted by molar-refractivity contribution is 5.52. The van der Waals surface area contributed by atoms with Crippen LogP contribution >= 0.6 is 0 Å². The summed E-state index contributed by atoms with van der Waals surface area (Å²) in [6, 6.07) is 8.68. The Kier molecular flexibility index (Phi) is 3.93. The molecule has 0 radical (unpaired) electrons. The first-order chi connectivity index (χ1) is 8.48. The van der Waals surface area contributed by atoms with E-state index in [1.54, 1.807) is 0 Å². The van der Waals surface area contributed by atoms with E-state index in [4.69, 9.17) is 0 Å². The van der Waals surface area contributed by atoms with Crippen molar-refractivity contribution in [1.82, 2.24) is 10.2 Å². The van der Waals surface area contributed by atoms with Crippen molar-refractivity contribution < 1.29 is 0 Å². The third-order valence-electron chi connectivity index (χ3n) is 3.52. The Balaban J connectivity index is 2.09.